The van der Waals surface area contributed by atoms with E-state index in [1.54, 1.807) is 10.9 Å². The molecule has 2 aromatic heterocycles. The maximum Gasteiger partial charge on any atom is 0.182 e. The van der Waals surface area contributed by atoms with E-state index in [1.807, 2.05) is 54.9 Å². The summed E-state index contributed by atoms with van der Waals surface area (Å²) in [5, 5.41) is 0. The van der Waals surface area contributed by atoms with Crippen molar-refractivity contribution in [3.63, 3.8) is 0 Å². The number of hydrogen-bond donors (Lipinski definition) is 0. The van der Waals surface area contributed by atoms with E-state index in [2.05, 4.69) is 15.4 Å². The molecule has 4 heteroatoms. The van der Waals surface area contributed by atoms with E-state index in [0.717, 1.165) is 11.0 Å². The van der Waals surface area contributed by atoms with Crippen LogP contribution in [0.2, 0.25) is 0 Å². The van der Waals surface area contributed by atoms with Crippen LogP contribution in [0.3, 0.4) is 0 Å². The highest BCUT2D eigenvalue weighted by Gasteiger charge is 1.95. The molecule has 3 rings (SSSR count). The van der Waals surface area contributed by atoms with Crippen molar-refractivity contribution in [2.24, 2.45) is 0 Å². The Morgan fingerprint density at radius 3 is 2.47 bits per heavy atom. The lowest BCUT2D eigenvalue weighted by atomic mass is 10.3. The van der Waals surface area contributed by atoms with Gasteiger partial charge in [-0.25, -0.2) is 0 Å². The van der Waals surface area contributed by atoms with Gasteiger partial charge in [-0.3, -0.25) is 4.98 Å². The van der Waals surface area contributed by atoms with E-state index < -0.39 is 0 Å². The summed E-state index contributed by atoms with van der Waals surface area (Å²) in [6, 6.07) is 13.5. The number of fused-ring (bicyclic) bond motifs is 1. The van der Waals surface area contributed by atoms with Crippen LogP contribution < -0.4 is 4.68 Å². The van der Waals surface area contributed by atoms with Crippen molar-refractivity contribution in [1.29, 1.82) is 0 Å². The number of pyridine rings is 1. The number of nitrogens with zero attached hydrogens (tertiary/aromatic N) is 4. The first kappa shape index (κ1) is 9.72. The topological polar surface area (TPSA) is 43.8 Å². The largest absolute Gasteiger partial charge is 0.429 e. The van der Waals surface area contributed by atoms with Crippen molar-refractivity contribution in [3.05, 3.63) is 66.5 Å². The van der Waals surface area contributed by atoms with Crippen molar-refractivity contribution in [2.45, 2.75) is 0 Å². The predicted molar refractivity (Wildman–Crippen MR) is 64.6 cm³/mol. The van der Waals surface area contributed by atoms with E-state index in [1.165, 1.54) is 0 Å². The van der Waals surface area contributed by atoms with Gasteiger partial charge in [-0.15, -0.1) is 0 Å². The SMILES string of the molecule is c1cc[n+]([N-]c2cnc3ccccc3n2)cc1. The van der Waals surface area contributed by atoms with Crippen LogP contribution in [0.5, 0.6) is 0 Å². The van der Waals surface area contributed by atoms with Gasteiger partial charge in [-0.1, -0.05) is 24.3 Å². The number of para-hydroxylation sites is 2. The molecule has 0 aliphatic heterocycles. The Balaban J connectivity index is 1.96. The van der Waals surface area contributed by atoms with Crippen molar-refractivity contribution in [2.75, 3.05) is 0 Å². The van der Waals surface area contributed by atoms with E-state index in [9.17, 15) is 0 Å². The average molecular weight is 222 g/mol. The van der Waals surface area contributed by atoms with E-state index >= 15 is 0 Å². The summed E-state index contributed by atoms with van der Waals surface area (Å²) in [5.74, 6) is 0.597. The third kappa shape index (κ3) is 2.06. The highest BCUT2D eigenvalue weighted by Crippen LogP contribution is 2.15. The number of benzene rings is 1. The molecule has 17 heavy (non-hydrogen) atoms. The van der Waals surface area contributed by atoms with E-state index in [0.29, 0.717) is 5.82 Å². The lowest BCUT2D eigenvalue weighted by Crippen LogP contribution is -2.26. The van der Waals surface area contributed by atoms with E-state index in [-0.39, 0.29) is 0 Å². The maximum atomic E-state index is 4.42. The van der Waals surface area contributed by atoms with Gasteiger partial charge in [0.1, 0.15) is 0 Å². The Labute approximate surface area is 98.6 Å². The minimum Gasteiger partial charge on any atom is -0.429 e. The minimum absolute atomic E-state index is 0.597. The van der Waals surface area contributed by atoms with Gasteiger partial charge in [0.05, 0.1) is 5.52 Å². The number of aromatic nitrogens is 3. The zero-order valence-electron chi connectivity index (χ0n) is 9.06. The van der Waals surface area contributed by atoms with Crippen LogP contribution in [0.15, 0.2) is 61.1 Å². The zero-order valence-corrected chi connectivity index (χ0v) is 9.06. The van der Waals surface area contributed by atoms with Crippen molar-refractivity contribution >= 4 is 16.9 Å². The monoisotopic (exact) mass is 222 g/mol. The zero-order chi connectivity index (χ0) is 11.5. The molecule has 2 heterocycles. The Bertz CT molecular complexity index is 637. The molecule has 0 spiro atoms. The summed E-state index contributed by atoms with van der Waals surface area (Å²) in [5.41, 5.74) is 6.07. The third-order valence-corrected chi connectivity index (χ3v) is 2.35. The maximum absolute atomic E-state index is 4.42. The van der Waals surface area contributed by atoms with E-state index in [4.69, 9.17) is 0 Å². The molecule has 0 saturated heterocycles. The molecule has 0 aliphatic rings. The quantitative estimate of drug-likeness (QED) is 0.625. The second kappa shape index (κ2) is 4.17. The predicted octanol–water partition coefficient (Wildman–Crippen LogP) is 2.39. The first-order valence-electron chi connectivity index (χ1n) is 5.32. The molecule has 0 atom stereocenters. The Hall–Kier alpha value is -2.49. The minimum atomic E-state index is 0.597. The molecule has 0 fully saturated rings. The van der Waals surface area contributed by atoms with Crippen LogP contribution in [0, 0.1) is 0 Å². The summed E-state index contributed by atoms with van der Waals surface area (Å²) >= 11 is 0. The van der Waals surface area contributed by atoms with Crippen LogP contribution in [0.4, 0.5) is 5.82 Å². The van der Waals surface area contributed by atoms with Crippen LogP contribution in [-0.4, -0.2) is 9.97 Å². The summed E-state index contributed by atoms with van der Waals surface area (Å²) < 4.78 is 1.71. The van der Waals surface area contributed by atoms with Gasteiger partial charge in [-0.2, -0.15) is 10.1 Å². The second-order valence-electron chi connectivity index (χ2n) is 3.57. The third-order valence-electron chi connectivity index (χ3n) is 2.35. The first-order valence-corrected chi connectivity index (χ1v) is 5.32. The fourth-order valence-corrected chi connectivity index (χ4v) is 1.57. The van der Waals surface area contributed by atoms with Crippen LogP contribution >= 0.6 is 0 Å². The van der Waals surface area contributed by atoms with Gasteiger partial charge in [-0.05, 0) is 11.6 Å². The number of hydrogen-bond acceptors (Lipinski definition) is 2. The molecule has 0 unspecified atom stereocenters. The fraction of sp³-hybridized carbons (Fsp3) is 0. The normalized spacial score (nSPS) is 10.4. The highest BCUT2D eigenvalue weighted by atomic mass is 15.4. The molecule has 0 aliphatic carbocycles. The summed E-state index contributed by atoms with van der Waals surface area (Å²) in [6.45, 7) is 0. The van der Waals surface area contributed by atoms with Gasteiger partial charge in [0.2, 0.25) is 0 Å². The van der Waals surface area contributed by atoms with Gasteiger partial charge in [0.25, 0.3) is 0 Å². The fourth-order valence-electron chi connectivity index (χ4n) is 1.57. The Morgan fingerprint density at radius 2 is 1.65 bits per heavy atom. The molecule has 0 bridgehead atoms. The first-order chi connectivity index (χ1) is 8.42. The summed E-state index contributed by atoms with van der Waals surface area (Å²) in [7, 11) is 0. The van der Waals surface area contributed by atoms with Crippen LogP contribution in [-0.2, 0) is 0 Å². The molecule has 1 aromatic carbocycles. The van der Waals surface area contributed by atoms with Crippen LogP contribution in [0.25, 0.3) is 16.5 Å². The van der Waals surface area contributed by atoms with Gasteiger partial charge >= 0.3 is 0 Å². The molecule has 0 N–H and O–H groups in total. The van der Waals surface area contributed by atoms with Crippen molar-refractivity contribution in [3.8, 4) is 0 Å². The summed E-state index contributed by atoms with van der Waals surface area (Å²) in [4.78, 5) is 8.73. The second-order valence-corrected chi connectivity index (χ2v) is 3.57. The number of rotatable bonds is 2. The molecule has 0 saturated carbocycles. The Morgan fingerprint density at radius 1 is 0.882 bits per heavy atom. The average Bonchev–Trinajstić information content (AvgIpc) is 2.40. The van der Waals surface area contributed by atoms with Gasteiger partial charge in [0.15, 0.2) is 12.4 Å². The molecular formula is C13H10N4. The van der Waals surface area contributed by atoms with Crippen molar-refractivity contribution in [1.82, 2.24) is 9.97 Å². The molecule has 0 amide bonds. The van der Waals surface area contributed by atoms with Gasteiger partial charge in [0, 0.05) is 24.1 Å². The molecule has 3 aromatic rings. The van der Waals surface area contributed by atoms with Gasteiger partial charge < -0.3 is 4.98 Å². The highest BCUT2D eigenvalue weighted by molar-refractivity contribution is 5.75. The molecule has 82 valence electrons. The van der Waals surface area contributed by atoms with Crippen molar-refractivity contribution < 1.29 is 4.68 Å². The standard InChI is InChI=1S/C13H10N4/c1-4-8-17(9-5-1)16-13-10-14-11-6-2-3-7-12(11)15-13/h1-10H. The van der Waals surface area contributed by atoms with Crippen LogP contribution in [0.1, 0.15) is 0 Å². The molecular weight excluding hydrogens is 212 g/mol. The lowest BCUT2D eigenvalue weighted by molar-refractivity contribution is -0.619. The summed E-state index contributed by atoms with van der Waals surface area (Å²) in [6.07, 6.45) is 5.38. The molecule has 4 nitrogen and oxygen atoms in total. The molecule has 0 radical (unpaired) electrons. The lowest BCUT2D eigenvalue weighted by Gasteiger charge is -2.09. The smallest absolute Gasteiger partial charge is 0.182 e. The Kier molecular flexibility index (Phi) is 2.38.